The highest BCUT2D eigenvalue weighted by molar-refractivity contribution is 6.09. The number of rotatable bonds is 7. The number of halogens is 1. The molecule has 1 aliphatic heterocycles. The predicted octanol–water partition coefficient (Wildman–Crippen LogP) is 2.54. The smallest absolute Gasteiger partial charge is 0.255 e. The molecule has 9 nitrogen and oxygen atoms in total. The van der Waals surface area contributed by atoms with Crippen LogP contribution >= 0.6 is 0 Å². The van der Waals surface area contributed by atoms with Gasteiger partial charge in [-0.25, -0.2) is 4.39 Å². The van der Waals surface area contributed by atoms with Gasteiger partial charge in [-0.15, -0.1) is 0 Å². The molecule has 1 aliphatic carbocycles. The highest BCUT2D eigenvalue weighted by Crippen LogP contribution is 2.38. The van der Waals surface area contributed by atoms with Gasteiger partial charge in [0.1, 0.15) is 23.2 Å². The zero-order valence-corrected chi connectivity index (χ0v) is 20.8. The maximum Gasteiger partial charge on any atom is 0.255 e. The minimum absolute atomic E-state index is 0.0210. The van der Waals surface area contributed by atoms with Gasteiger partial charge >= 0.3 is 0 Å². The minimum atomic E-state index is -1.15. The van der Waals surface area contributed by atoms with Crippen LogP contribution in [0.4, 0.5) is 4.39 Å². The van der Waals surface area contributed by atoms with Crippen LogP contribution in [0, 0.1) is 18.7 Å². The zero-order valence-electron chi connectivity index (χ0n) is 20.8. The van der Waals surface area contributed by atoms with Crippen molar-refractivity contribution in [1.29, 1.82) is 0 Å². The molecule has 0 unspecified atom stereocenters. The molecule has 3 aromatic rings. The van der Waals surface area contributed by atoms with Crippen LogP contribution < -0.4 is 10.1 Å². The summed E-state index contributed by atoms with van der Waals surface area (Å²) in [6.45, 7) is 4.05. The van der Waals surface area contributed by atoms with Gasteiger partial charge < -0.3 is 30.2 Å². The number of benzene rings is 1. The van der Waals surface area contributed by atoms with Crippen molar-refractivity contribution < 1.29 is 28.9 Å². The average Bonchev–Trinajstić information content (AvgIpc) is 3.63. The van der Waals surface area contributed by atoms with Crippen molar-refractivity contribution >= 4 is 22.8 Å². The standard InChI is InChI=1S/C27H31FN4O5/c1-14-23(26(35)31-20-8-10-32(12-21(20)34)27(36)15(2)33)25-24(30-14)18(7-9-29-25)19-11-17(28)5-6-22(19)37-13-16-3-4-16/h5-7,9,11,15-16,20-21,30,33-34H,3-4,8,10,12-13H2,1-2H3,(H,31,35)/t15-,20-,21-/m0/s1. The Bertz CT molecular complexity index is 1340. The summed E-state index contributed by atoms with van der Waals surface area (Å²) in [6, 6.07) is 5.61. The number of aromatic amines is 1. The van der Waals surface area contributed by atoms with E-state index in [0.717, 1.165) is 12.8 Å². The van der Waals surface area contributed by atoms with Crippen molar-refractivity contribution in [1.82, 2.24) is 20.2 Å². The minimum Gasteiger partial charge on any atom is -0.493 e. The molecule has 5 rings (SSSR count). The number of piperidine rings is 1. The number of carbonyl (C=O) groups excluding carboxylic acids is 2. The van der Waals surface area contributed by atoms with E-state index < -0.39 is 35.9 Å². The third-order valence-electron chi connectivity index (χ3n) is 7.07. The number of ether oxygens (including phenoxy) is 1. The summed E-state index contributed by atoms with van der Waals surface area (Å²) in [5, 5.41) is 23.0. The van der Waals surface area contributed by atoms with E-state index in [9.17, 15) is 24.2 Å². The van der Waals surface area contributed by atoms with E-state index in [-0.39, 0.29) is 6.54 Å². The first-order valence-corrected chi connectivity index (χ1v) is 12.6. The molecule has 2 fully saturated rings. The number of aliphatic hydroxyl groups is 2. The van der Waals surface area contributed by atoms with E-state index in [0.29, 0.717) is 64.7 Å². The Labute approximate surface area is 213 Å². The van der Waals surface area contributed by atoms with Crippen LogP contribution in [-0.4, -0.2) is 74.8 Å². The number of H-pyrrole nitrogens is 1. The fourth-order valence-electron chi connectivity index (χ4n) is 4.84. The number of nitrogens with one attached hydrogen (secondary N) is 2. The van der Waals surface area contributed by atoms with Crippen molar-refractivity contribution in [2.75, 3.05) is 19.7 Å². The molecule has 196 valence electrons. The van der Waals surface area contributed by atoms with E-state index in [1.807, 2.05) is 0 Å². The molecule has 2 aliphatic rings. The van der Waals surface area contributed by atoms with Crippen LogP contribution in [0.15, 0.2) is 30.5 Å². The molecule has 1 saturated heterocycles. The number of pyridine rings is 1. The predicted molar refractivity (Wildman–Crippen MR) is 135 cm³/mol. The Morgan fingerprint density at radius 3 is 2.76 bits per heavy atom. The van der Waals surface area contributed by atoms with Crippen molar-refractivity contribution in [2.24, 2.45) is 5.92 Å². The number of nitrogens with zero attached hydrogens (tertiary/aromatic N) is 2. The summed E-state index contributed by atoms with van der Waals surface area (Å²) in [5.41, 5.74) is 3.18. The van der Waals surface area contributed by atoms with E-state index in [2.05, 4.69) is 15.3 Å². The fraction of sp³-hybridized carbons (Fsp3) is 0.444. The fourth-order valence-corrected chi connectivity index (χ4v) is 4.84. The summed E-state index contributed by atoms with van der Waals surface area (Å²) in [5.74, 6) is -0.149. The highest BCUT2D eigenvalue weighted by atomic mass is 19.1. The number of β-amino-alcohol motifs (C(OH)–C–C–N with tert-alkyl or cyclic N) is 1. The number of aromatic nitrogens is 2. The average molecular weight is 511 g/mol. The second-order valence-electron chi connectivity index (χ2n) is 10.00. The molecule has 2 aromatic heterocycles. The summed E-state index contributed by atoms with van der Waals surface area (Å²) in [7, 11) is 0. The second-order valence-corrected chi connectivity index (χ2v) is 10.00. The lowest BCUT2D eigenvalue weighted by Gasteiger charge is -2.36. The molecule has 0 bridgehead atoms. The molecule has 1 saturated carbocycles. The van der Waals surface area contributed by atoms with Crippen molar-refractivity contribution in [3.8, 4) is 16.9 Å². The Morgan fingerprint density at radius 2 is 2.05 bits per heavy atom. The second kappa shape index (κ2) is 10.1. The topological polar surface area (TPSA) is 128 Å². The molecular formula is C27H31FN4O5. The van der Waals surface area contributed by atoms with Crippen LogP contribution in [0.5, 0.6) is 5.75 Å². The summed E-state index contributed by atoms with van der Waals surface area (Å²) >= 11 is 0. The van der Waals surface area contributed by atoms with Crippen molar-refractivity contribution in [3.05, 3.63) is 47.5 Å². The Morgan fingerprint density at radius 1 is 1.27 bits per heavy atom. The highest BCUT2D eigenvalue weighted by Gasteiger charge is 2.33. The molecule has 3 heterocycles. The molecule has 1 aromatic carbocycles. The van der Waals surface area contributed by atoms with Gasteiger partial charge in [0.05, 0.1) is 29.8 Å². The molecule has 3 atom stereocenters. The van der Waals surface area contributed by atoms with Gasteiger partial charge in [-0.2, -0.15) is 0 Å². The van der Waals surface area contributed by atoms with Gasteiger partial charge in [0, 0.05) is 36.1 Å². The molecular weight excluding hydrogens is 479 g/mol. The van der Waals surface area contributed by atoms with Crippen LogP contribution in [0.3, 0.4) is 0 Å². The summed E-state index contributed by atoms with van der Waals surface area (Å²) in [4.78, 5) is 34.5. The Hall–Kier alpha value is -3.50. The number of aryl methyl sites for hydroxylation is 1. The van der Waals surface area contributed by atoms with Gasteiger partial charge in [-0.05, 0) is 63.3 Å². The lowest BCUT2D eigenvalue weighted by molar-refractivity contribution is -0.142. The molecule has 0 radical (unpaired) electrons. The SMILES string of the molecule is Cc1[nH]c2c(-c3cc(F)ccc3OCC3CC3)ccnc2c1C(=O)N[C@H]1CCN(C(=O)[C@H](C)O)C[C@@H]1O. The number of fused-ring (bicyclic) bond motifs is 1. The molecule has 0 spiro atoms. The lowest BCUT2D eigenvalue weighted by Crippen LogP contribution is -2.56. The van der Waals surface area contributed by atoms with E-state index in [1.165, 1.54) is 24.0 Å². The van der Waals surface area contributed by atoms with E-state index in [4.69, 9.17) is 4.74 Å². The summed E-state index contributed by atoms with van der Waals surface area (Å²) in [6.07, 6.45) is 2.06. The molecule has 4 N–H and O–H groups in total. The number of carbonyl (C=O) groups is 2. The maximum atomic E-state index is 14.3. The number of likely N-dealkylation sites (tertiary alicyclic amines) is 1. The van der Waals surface area contributed by atoms with Gasteiger partial charge in [-0.1, -0.05) is 0 Å². The number of aliphatic hydroxyl groups excluding tert-OH is 2. The van der Waals surface area contributed by atoms with Gasteiger partial charge in [0.15, 0.2) is 0 Å². The van der Waals surface area contributed by atoms with Crippen molar-refractivity contribution in [2.45, 2.75) is 51.4 Å². The maximum absolute atomic E-state index is 14.3. The largest absolute Gasteiger partial charge is 0.493 e. The number of amides is 2. The molecule has 10 heteroatoms. The van der Waals surface area contributed by atoms with Crippen molar-refractivity contribution in [3.63, 3.8) is 0 Å². The molecule has 2 amide bonds. The third-order valence-corrected chi connectivity index (χ3v) is 7.07. The third kappa shape index (κ3) is 5.17. The summed E-state index contributed by atoms with van der Waals surface area (Å²) < 4.78 is 20.3. The first-order chi connectivity index (χ1) is 17.7. The first-order valence-electron chi connectivity index (χ1n) is 12.6. The van der Waals surface area contributed by atoms with Crippen LogP contribution in [0.25, 0.3) is 22.2 Å². The quantitative estimate of drug-likeness (QED) is 0.387. The Balaban J connectivity index is 1.41. The lowest BCUT2D eigenvalue weighted by atomic mass is 10.00. The van der Waals surface area contributed by atoms with E-state index >= 15 is 0 Å². The molecule has 37 heavy (non-hydrogen) atoms. The van der Waals surface area contributed by atoms with E-state index in [1.54, 1.807) is 25.3 Å². The normalized spacial score (nSPS) is 20.6. The Kier molecular flexibility index (Phi) is 6.87. The van der Waals surface area contributed by atoms with Gasteiger partial charge in [-0.3, -0.25) is 14.6 Å². The monoisotopic (exact) mass is 510 g/mol. The van der Waals surface area contributed by atoms with Gasteiger partial charge in [0.2, 0.25) is 0 Å². The zero-order chi connectivity index (χ0) is 26.3. The number of hydrogen-bond acceptors (Lipinski definition) is 6. The van der Waals surface area contributed by atoms with Crippen LogP contribution in [-0.2, 0) is 4.79 Å². The van der Waals surface area contributed by atoms with Gasteiger partial charge in [0.25, 0.3) is 11.8 Å². The van der Waals surface area contributed by atoms with Crippen LogP contribution in [0.1, 0.15) is 42.2 Å². The van der Waals surface area contributed by atoms with Crippen LogP contribution in [0.2, 0.25) is 0 Å². The number of hydrogen-bond donors (Lipinski definition) is 4. The first kappa shape index (κ1) is 25.2.